The lowest BCUT2D eigenvalue weighted by Crippen LogP contribution is -2.43. The first kappa shape index (κ1) is 15.0. The van der Waals surface area contributed by atoms with Gasteiger partial charge in [-0.3, -0.25) is 9.59 Å². The van der Waals surface area contributed by atoms with Crippen molar-refractivity contribution in [3.63, 3.8) is 0 Å². The van der Waals surface area contributed by atoms with Gasteiger partial charge in [-0.15, -0.1) is 0 Å². The van der Waals surface area contributed by atoms with E-state index in [9.17, 15) is 9.59 Å². The van der Waals surface area contributed by atoms with Crippen LogP contribution >= 0.6 is 0 Å². The molecule has 0 aliphatic carbocycles. The Balaban J connectivity index is 2.46. The highest BCUT2D eigenvalue weighted by Gasteiger charge is 2.31. The van der Waals surface area contributed by atoms with Crippen molar-refractivity contribution in [2.75, 3.05) is 13.2 Å². The molecule has 1 saturated heterocycles. The second kappa shape index (κ2) is 8.08. The topological polar surface area (TPSA) is 61.8 Å². The average molecular weight is 258 g/mol. The quantitative estimate of drug-likeness (QED) is 0.680. The Labute approximate surface area is 108 Å². The van der Waals surface area contributed by atoms with Crippen molar-refractivity contribution in [3.8, 4) is 0 Å². The van der Waals surface area contributed by atoms with E-state index in [1.54, 1.807) is 0 Å². The van der Waals surface area contributed by atoms with Crippen molar-refractivity contribution in [1.29, 1.82) is 0 Å². The predicted molar refractivity (Wildman–Crippen MR) is 65.0 cm³/mol. The zero-order chi connectivity index (χ0) is 13.4. The van der Waals surface area contributed by atoms with E-state index in [2.05, 4.69) is 0 Å². The Morgan fingerprint density at radius 1 is 1.06 bits per heavy atom. The van der Waals surface area contributed by atoms with Crippen LogP contribution in [0.2, 0.25) is 0 Å². The van der Waals surface area contributed by atoms with E-state index in [4.69, 9.17) is 14.2 Å². The zero-order valence-electron chi connectivity index (χ0n) is 11.1. The van der Waals surface area contributed by atoms with Crippen molar-refractivity contribution >= 4 is 11.9 Å². The first-order valence-electron chi connectivity index (χ1n) is 6.64. The van der Waals surface area contributed by atoms with Gasteiger partial charge in [0.15, 0.2) is 6.10 Å². The number of hydrogen-bond acceptors (Lipinski definition) is 5. The third kappa shape index (κ3) is 5.04. The van der Waals surface area contributed by atoms with E-state index in [0.717, 1.165) is 12.8 Å². The van der Waals surface area contributed by atoms with Gasteiger partial charge in [-0.25, -0.2) is 0 Å². The molecule has 0 aromatic heterocycles. The van der Waals surface area contributed by atoms with Crippen LogP contribution in [0.5, 0.6) is 0 Å². The van der Waals surface area contributed by atoms with Crippen LogP contribution in [0, 0.1) is 0 Å². The maximum Gasteiger partial charge on any atom is 0.306 e. The summed E-state index contributed by atoms with van der Waals surface area (Å²) >= 11 is 0. The van der Waals surface area contributed by atoms with Gasteiger partial charge in [0.05, 0.1) is 13.2 Å². The van der Waals surface area contributed by atoms with E-state index in [1.807, 2.05) is 13.8 Å². The molecule has 0 aromatic carbocycles. The molecule has 0 bridgehead atoms. The molecule has 0 radical (unpaired) electrons. The van der Waals surface area contributed by atoms with Crippen LogP contribution in [-0.4, -0.2) is 37.4 Å². The van der Waals surface area contributed by atoms with E-state index < -0.39 is 6.10 Å². The third-order valence-electron chi connectivity index (χ3n) is 2.72. The minimum atomic E-state index is -0.460. The van der Waals surface area contributed by atoms with Crippen molar-refractivity contribution in [2.45, 2.75) is 58.2 Å². The average Bonchev–Trinajstić information content (AvgIpc) is 2.32. The smallest absolute Gasteiger partial charge is 0.306 e. The highest BCUT2D eigenvalue weighted by molar-refractivity contribution is 5.70. The van der Waals surface area contributed by atoms with Crippen LogP contribution in [0.25, 0.3) is 0 Å². The van der Waals surface area contributed by atoms with Crippen molar-refractivity contribution in [3.05, 3.63) is 0 Å². The molecule has 0 aromatic rings. The molecular formula is C13H22O5. The largest absolute Gasteiger partial charge is 0.458 e. The molecule has 1 aliphatic heterocycles. The van der Waals surface area contributed by atoms with E-state index in [0.29, 0.717) is 32.5 Å². The molecule has 2 atom stereocenters. The highest BCUT2D eigenvalue weighted by Crippen LogP contribution is 2.17. The molecule has 5 heteroatoms. The summed E-state index contributed by atoms with van der Waals surface area (Å²) in [4.78, 5) is 22.9. The van der Waals surface area contributed by atoms with Gasteiger partial charge >= 0.3 is 11.9 Å². The minimum absolute atomic E-state index is 0.235. The lowest BCUT2D eigenvalue weighted by molar-refractivity contribution is -0.182. The van der Waals surface area contributed by atoms with Crippen LogP contribution in [0.15, 0.2) is 0 Å². The lowest BCUT2D eigenvalue weighted by Gasteiger charge is -2.30. The summed E-state index contributed by atoms with van der Waals surface area (Å²) in [6.45, 7) is 4.67. The maximum atomic E-state index is 11.5. The molecular weight excluding hydrogens is 236 g/mol. The summed E-state index contributed by atoms with van der Waals surface area (Å²) in [5.41, 5.74) is 0. The van der Waals surface area contributed by atoms with Crippen LogP contribution < -0.4 is 0 Å². The fourth-order valence-electron chi connectivity index (χ4n) is 1.80. The van der Waals surface area contributed by atoms with Crippen LogP contribution in [0.3, 0.4) is 0 Å². The fraction of sp³-hybridized carbons (Fsp3) is 0.846. The van der Waals surface area contributed by atoms with E-state index in [1.165, 1.54) is 0 Å². The summed E-state index contributed by atoms with van der Waals surface area (Å²) in [7, 11) is 0. The van der Waals surface area contributed by atoms with Gasteiger partial charge in [-0.2, -0.15) is 0 Å². The van der Waals surface area contributed by atoms with Crippen molar-refractivity contribution in [1.82, 2.24) is 0 Å². The van der Waals surface area contributed by atoms with Gasteiger partial charge in [0.2, 0.25) is 0 Å². The van der Waals surface area contributed by atoms with E-state index >= 15 is 0 Å². The summed E-state index contributed by atoms with van der Waals surface area (Å²) in [5, 5.41) is 0. The number of ether oxygens (including phenoxy) is 3. The highest BCUT2D eigenvalue weighted by atomic mass is 16.6. The van der Waals surface area contributed by atoms with Crippen LogP contribution in [0.4, 0.5) is 0 Å². The van der Waals surface area contributed by atoms with Gasteiger partial charge < -0.3 is 14.2 Å². The third-order valence-corrected chi connectivity index (χ3v) is 2.72. The molecule has 0 amide bonds. The maximum absolute atomic E-state index is 11.5. The van der Waals surface area contributed by atoms with Gasteiger partial charge in [0.1, 0.15) is 6.10 Å². The summed E-state index contributed by atoms with van der Waals surface area (Å²) in [6.07, 6.45) is 2.03. The number of rotatable bonds is 6. The first-order valence-corrected chi connectivity index (χ1v) is 6.64. The second-order valence-electron chi connectivity index (χ2n) is 4.42. The predicted octanol–water partition coefficient (Wildman–Crippen LogP) is 1.83. The SMILES string of the molecule is CCCC(=O)O[C@H]1COCC[C@H]1OC(=O)CCC. The number of hydrogen-bond donors (Lipinski definition) is 0. The molecule has 1 aliphatic rings. The van der Waals surface area contributed by atoms with Gasteiger partial charge in [-0.1, -0.05) is 13.8 Å². The molecule has 0 saturated carbocycles. The Kier molecular flexibility index (Phi) is 6.72. The fourth-order valence-corrected chi connectivity index (χ4v) is 1.80. The van der Waals surface area contributed by atoms with Crippen molar-refractivity contribution in [2.24, 2.45) is 0 Å². The van der Waals surface area contributed by atoms with Crippen LogP contribution in [-0.2, 0) is 23.8 Å². The van der Waals surface area contributed by atoms with Gasteiger partial charge in [0, 0.05) is 19.3 Å². The Morgan fingerprint density at radius 2 is 1.61 bits per heavy atom. The molecule has 5 nitrogen and oxygen atoms in total. The first-order chi connectivity index (χ1) is 8.67. The summed E-state index contributed by atoms with van der Waals surface area (Å²) in [5.74, 6) is -0.495. The van der Waals surface area contributed by atoms with Gasteiger partial charge in [0.25, 0.3) is 0 Å². The Hall–Kier alpha value is -1.10. The van der Waals surface area contributed by atoms with Crippen LogP contribution in [0.1, 0.15) is 46.0 Å². The number of esters is 2. The molecule has 1 fully saturated rings. The number of carbonyl (C=O) groups excluding carboxylic acids is 2. The standard InChI is InChI=1S/C13H22O5/c1-3-5-12(14)17-10-7-8-16-9-11(10)18-13(15)6-4-2/h10-11H,3-9H2,1-2H3/t10-,11+/m1/s1. The molecule has 1 rings (SSSR count). The molecule has 18 heavy (non-hydrogen) atoms. The van der Waals surface area contributed by atoms with E-state index in [-0.39, 0.29) is 18.0 Å². The van der Waals surface area contributed by atoms with Crippen molar-refractivity contribution < 1.29 is 23.8 Å². The second-order valence-corrected chi connectivity index (χ2v) is 4.42. The molecule has 0 N–H and O–H groups in total. The zero-order valence-corrected chi connectivity index (χ0v) is 11.1. The summed E-state index contributed by atoms with van der Waals surface area (Å²) < 4.78 is 15.9. The molecule has 104 valence electrons. The Morgan fingerprint density at radius 3 is 2.17 bits per heavy atom. The summed E-state index contributed by atoms with van der Waals surface area (Å²) in [6, 6.07) is 0. The Bertz CT molecular complexity index is 249. The number of carbonyl (C=O) groups is 2. The van der Waals surface area contributed by atoms with Gasteiger partial charge in [-0.05, 0) is 12.8 Å². The molecule has 0 spiro atoms. The normalized spacial score (nSPS) is 23.4. The lowest BCUT2D eigenvalue weighted by atomic mass is 10.1. The molecule has 1 heterocycles. The molecule has 0 unspecified atom stereocenters. The monoisotopic (exact) mass is 258 g/mol. The minimum Gasteiger partial charge on any atom is -0.458 e.